The highest BCUT2D eigenvalue weighted by Crippen LogP contribution is 2.42. The highest BCUT2D eigenvalue weighted by atomic mass is 32.2. The van der Waals surface area contributed by atoms with E-state index in [4.69, 9.17) is 16.4 Å². The largest absolute Gasteiger partial charge is 0.484 e. The molecule has 0 aromatic heterocycles. The van der Waals surface area contributed by atoms with Crippen LogP contribution in [-0.4, -0.2) is 25.1 Å². The molecule has 0 bridgehead atoms. The van der Waals surface area contributed by atoms with Gasteiger partial charge in [-0.15, -0.1) is 0 Å². The standard InChI is InChI=1S/C10H15N5O2S/c1-15-7-3-2-6(17-5-9(16)13-11)4-8(7)18-10(15)14-12/h2-4,10,14H,5,11-12H2,1H3,(H,13,16). The first kappa shape index (κ1) is 13.0. The Morgan fingerprint density at radius 2 is 2.33 bits per heavy atom. The summed E-state index contributed by atoms with van der Waals surface area (Å²) < 4.78 is 5.31. The van der Waals surface area contributed by atoms with Crippen molar-refractivity contribution >= 4 is 23.4 Å². The molecule has 2 rings (SSSR count). The van der Waals surface area contributed by atoms with Crippen molar-refractivity contribution in [3.05, 3.63) is 18.2 Å². The van der Waals surface area contributed by atoms with Crippen molar-refractivity contribution in [3.8, 4) is 5.75 Å². The van der Waals surface area contributed by atoms with Gasteiger partial charge in [0, 0.05) is 11.9 Å². The number of nitrogens with two attached hydrogens (primary N) is 2. The molecule has 1 atom stereocenters. The summed E-state index contributed by atoms with van der Waals surface area (Å²) in [6.45, 7) is -0.103. The van der Waals surface area contributed by atoms with E-state index in [-0.39, 0.29) is 18.0 Å². The first-order valence-corrected chi connectivity index (χ1v) is 6.15. The summed E-state index contributed by atoms with van der Waals surface area (Å²) in [7, 11) is 1.95. The number of nitrogens with zero attached hydrogens (tertiary/aromatic N) is 1. The van der Waals surface area contributed by atoms with E-state index in [2.05, 4.69) is 5.43 Å². The van der Waals surface area contributed by atoms with Crippen LogP contribution < -0.4 is 32.2 Å². The fourth-order valence-electron chi connectivity index (χ4n) is 1.63. The number of amides is 1. The predicted octanol–water partition coefficient (Wildman–Crippen LogP) is -0.656. The molecular weight excluding hydrogens is 254 g/mol. The summed E-state index contributed by atoms with van der Waals surface area (Å²) in [4.78, 5) is 14.0. The van der Waals surface area contributed by atoms with E-state index in [0.717, 1.165) is 10.6 Å². The number of carbonyl (C=O) groups excluding carboxylic acids is 1. The van der Waals surface area contributed by atoms with Crippen LogP contribution in [0.4, 0.5) is 5.69 Å². The maximum atomic E-state index is 11.0. The van der Waals surface area contributed by atoms with Crippen LogP contribution >= 0.6 is 11.8 Å². The number of hydrogen-bond acceptors (Lipinski definition) is 7. The summed E-state index contributed by atoms with van der Waals surface area (Å²) >= 11 is 1.58. The molecule has 1 aromatic carbocycles. The van der Waals surface area contributed by atoms with Crippen molar-refractivity contribution in [1.29, 1.82) is 0 Å². The number of rotatable bonds is 4. The minimum Gasteiger partial charge on any atom is -0.484 e. The van der Waals surface area contributed by atoms with Gasteiger partial charge in [-0.05, 0) is 18.2 Å². The molecule has 0 saturated carbocycles. The molecule has 1 unspecified atom stereocenters. The average Bonchev–Trinajstić information content (AvgIpc) is 2.72. The molecule has 0 radical (unpaired) electrons. The fourth-order valence-corrected chi connectivity index (χ4v) is 2.73. The Kier molecular flexibility index (Phi) is 3.92. The van der Waals surface area contributed by atoms with Gasteiger partial charge in [-0.2, -0.15) is 0 Å². The number of fused-ring (bicyclic) bond motifs is 1. The van der Waals surface area contributed by atoms with Crippen LogP contribution in [0.5, 0.6) is 5.75 Å². The SMILES string of the molecule is CN1c2ccc(OCC(=O)NN)cc2SC1NN. The highest BCUT2D eigenvalue weighted by molar-refractivity contribution is 8.00. The molecule has 1 heterocycles. The molecule has 98 valence electrons. The lowest BCUT2D eigenvalue weighted by Crippen LogP contribution is -2.42. The molecule has 18 heavy (non-hydrogen) atoms. The van der Waals surface area contributed by atoms with E-state index in [1.807, 2.05) is 29.5 Å². The minimum atomic E-state index is -0.373. The van der Waals surface area contributed by atoms with Gasteiger partial charge in [0.15, 0.2) is 6.61 Å². The second kappa shape index (κ2) is 5.44. The maximum Gasteiger partial charge on any atom is 0.271 e. The molecule has 1 aliphatic rings. The van der Waals surface area contributed by atoms with Crippen molar-refractivity contribution in [2.75, 3.05) is 18.6 Å². The molecular formula is C10H15N5O2S. The summed E-state index contributed by atoms with van der Waals surface area (Å²) in [5, 5.41) is 0. The van der Waals surface area contributed by atoms with Gasteiger partial charge >= 0.3 is 0 Å². The summed E-state index contributed by atoms with van der Waals surface area (Å²) in [6, 6.07) is 5.60. The van der Waals surface area contributed by atoms with Crippen LogP contribution in [0, 0.1) is 0 Å². The van der Waals surface area contributed by atoms with Crippen molar-refractivity contribution < 1.29 is 9.53 Å². The molecule has 6 N–H and O–H groups in total. The Balaban J connectivity index is 2.08. The Hall–Kier alpha value is -1.48. The number of nitrogens with one attached hydrogen (secondary N) is 2. The second-order valence-electron chi connectivity index (χ2n) is 3.73. The number of thioether (sulfide) groups is 1. The second-order valence-corrected chi connectivity index (χ2v) is 4.86. The quantitative estimate of drug-likeness (QED) is 0.327. The molecule has 0 aliphatic carbocycles. The van der Waals surface area contributed by atoms with Crippen LogP contribution in [0.25, 0.3) is 0 Å². The van der Waals surface area contributed by atoms with E-state index in [1.54, 1.807) is 17.8 Å². The number of hydrazine groups is 2. The van der Waals surface area contributed by atoms with Gasteiger partial charge in [0.05, 0.1) is 5.69 Å². The Bertz CT molecular complexity index is 456. The van der Waals surface area contributed by atoms with Crippen LogP contribution in [0.15, 0.2) is 23.1 Å². The van der Waals surface area contributed by atoms with Crippen molar-refractivity contribution in [1.82, 2.24) is 10.9 Å². The van der Waals surface area contributed by atoms with Gasteiger partial charge < -0.3 is 9.64 Å². The summed E-state index contributed by atoms with van der Waals surface area (Å²) in [6.07, 6.45) is 0. The zero-order chi connectivity index (χ0) is 13.1. The molecule has 0 saturated heterocycles. The average molecular weight is 269 g/mol. The lowest BCUT2D eigenvalue weighted by atomic mass is 10.3. The zero-order valence-corrected chi connectivity index (χ0v) is 10.7. The van der Waals surface area contributed by atoms with Gasteiger partial charge in [0.25, 0.3) is 5.91 Å². The highest BCUT2D eigenvalue weighted by Gasteiger charge is 2.26. The fraction of sp³-hybridized carbons (Fsp3) is 0.300. The number of carbonyl (C=O) groups is 1. The maximum absolute atomic E-state index is 11.0. The third-order valence-corrected chi connectivity index (χ3v) is 3.83. The van der Waals surface area contributed by atoms with Gasteiger partial charge in [-0.25, -0.2) is 11.3 Å². The Morgan fingerprint density at radius 3 is 3.00 bits per heavy atom. The van der Waals surface area contributed by atoms with Gasteiger partial charge in [-0.3, -0.25) is 16.1 Å². The molecule has 7 nitrogen and oxygen atoms in total. The topological polar surface area (TPSA) is 106 Å². The third-order valence-electron chi connectivity index (χ3n) is 2.58. The zero-order valence-electron chi connectivity index (χ0n) is 9.84. The number of benzene rings is 1. The molecule has 1 amide bonds. The Morgan fingerprint density at radius 1 is 1.56 bits per heavy atom. The van der Waals surface area contributed by atoms with Crippen LogP contribution in [0.2, 0.25) is 0 Å². The summed E-state index contributed by atoms with van der Waals surface area (Å²) in [5.41, 5.74) is 5.78. The van der Waals surface area contributed by atoms with Crippen molar-refractivity contribution in [2.45, 2.75) is 10.4 Å². The van der Waals surface area contributed by atoms with Crippen LogP contribution in [-0.2, 0) is 4.79 Å². The van der Waals surface area contributed by atoms with E-state index in [1.165, 1.54) is 0 Å². The molecule has 8 heteroatoms. The molecule has 1 aliphatic heterocycles. The van der Waals surface area contributed by atoms with E-state index in [0.29, 0.717) is 5.75 Å². The minimum absolute atomic E-state index is 0.00240. The smallest absolute Gasteiger partial charge is 0.271 e. The van der Waals surface area contributed by atoms with Gasteiger partial charge in [0.2, 0.25) is 0 Å². The van der Waals surface area contributed by atoms with E-state index < -0.39 is 0 Å². The first-order valence-electron chi connectivity index (χ1n) is 5.27. The third kappa shape index (κ3) is 2.51. The summed E-state index contributed by atoms with van der Waals surface area (Å²) in [5.74, 6) is 10.7. The van der Waals surface area contributed by atoms with Crippen LogP contribution in [0.3, 0.4) is 0 Å². The van der Waals surface area contributed by atoms with Crippen molar-refractivity contribution in [2.24, 2.45) is 11.7 Å². The molecule has 0 fully saturated rings. The first-order chi connectivity index (χ1) is 8.65. The lowest BCUT2D eigenvalue weighted by molar-refractivity contribution is -0.123. The van der Waals surface area contributed by atoms with Gasteiger partial charge in [0.1, 0.15) is 11.2 Å². The van der Waals surface area contributed by atoms with E-state index in [9.17, 15) is 4.79 Å². The monoisotopic (exact) mass is 269 g/mol. The number of hydrogen-bond donors (Lipinski definition) is 4. The van der Waals surface area contributed by atoms with Gasteiger partial charge in [-0.1, -0.05) is 11.8 Å². The molecule has 1 aromatic rings. The number of anilines is 1. The van der Waals surface area contributed by atoms with Crippen LogP contribution in [0.1, 0.15) is 0 Å². The normalized spacial score (nSPS) is 17.5. The predicted molar refractivity (Wildman–Crippen MR) is 69.6 cm³/mol. The molecule has 0 spiro atoms. The van der Waals surface area contributed by atoms with E-state index >= 15 is 0 Å². The number of ether oxygens (including phenoxy) is 1. The Labute approximate surface area is 109 Å². The lowest BCUT2D eigenvalue weighted by Gasteiger charge is -2.19. The van der Waals surface area contributed by atoms with Crippen molar-refractivity contribution in [3.63, 3.8) is 0 Å².